The highest BCUT2D eigenvalue weighted by atomic mass is 33.1. The first-order chi connectivity index (χ1) is 51.5. The van der Waals surface area contributed by atoms with Crippen molar-refractivity contribution in [2.24, 2.45) is 28.9 Å². The van der Waals surface area contributed by atoms with Gasteiger partial charge in [-0.1, -0.05) is 77.9 Å². The summed E-state index contributed by atoms with van der Waals surface area (Å²) in [5, 5.41) is 67.1. The van der Waals surface area contributed by atoms with Gasteiger partial charge in [0.25, 0.3) is 5.91 Å². The molecule has 0 saturated carbocycles. The lowest BCUT2D eigenvalue weighted by Crippen LogP contribution is -2.61. The second-order valence-electron chi connectivity index (χ2n) is 25.9. The Morgan fingerprint density at radius 2 is 1.30 bits per heavy atom. The van der Waals surface area contributed by atoms with E-state index in [0.29, 0.717) is 34.0 Å². The highest BCUT2D eigenvalue weighted by Gasteiger charge is 2.40. The summed E-state index contributed by atoms with van der Waals surface area (Å²) in [6.07, 6.45) is -1.58. The number of hydrogen-bond donors (Lipinski definition) is 20. The minimum absolute atomic E-state index is 0.0275. The lowest BCUT2D eigenvalue weighted by Gasteiger charge is -2.29. The number of phenols is 2. The number of carboxylic acid groups (broad SMARTS) is 1. The molecule has 2 aliphatic heterocycles. The fourth-order valence-electron chi connectivity index (χ4n) is 11.6. The van der Waals surface area contributed by atoms with E-state index in [1.807, 2.05) is 0 Å². The molecular formula is C68H90N20O17S3. The zero-order valence-corrected chi connectivity index (χ0v) is 61.5. The number of hydrogen-bond acceptors (Lipinski definition) is 23. The fourth-order valence-corrected chi connectivity index (χ4v) is 14.6. The number of fused-ring (bicyclic) bond motifs is 1. The number of phenolic OH excluding ortho intramolecular Hbond substituents is 2. The number of aromatic hydroxyl groups is 2. The van der Waals surface area contributed by atoms with Gasteiger partial charge in [0.15, 0.2) is 11.8 Å². The minimum atomic E-state index is -1.76. The average Bonchev–Trinajstić information content (AvgIpc) is 1.64. The van der Waals surface area contributed by atoms with E-state index in [2.05, 4.69) is 72.8 Å². The molecule has 582 valence electrons. The number of carbonyl (C=O) groups excluding carboxylic acids is 13. The van der Waals surface area contributed by atoms with Gasteiger partial charge in [-0.25, -0.2) is 4.98 Å². The summed E-state index contributed by atoms with van der Waals surface area (Å²) in [5.74, 6) is -15.8. The number of H-pyrrole nitrogens is 1. The molecule has 24 N–H and O–H groups in total. The Morgan fingerprint density at radius 1 is 0.694 bits per heavy atom. The minimum Gasteiger partial charge on any atom is -0.508 e. The van der Waals surface area contributed by atoms with Crippen LogP contribution in [0.3, 0.4) is 0 Å². The number of nitrogens with zero attached hydrogens (tertiary/aromatic N) is 3. The predicted octanol–water partition coefficient (Wildman–Crippen LogP) is -2.98. The van der Waals surface area contributed by atoms with Crippen molar-refractivity contribution in [2.45, 2.75) is 158 Å². The first-order valence-corrected chi connectivity index (χ1v) is 37.8. The SMILES string of the molecule is CC(C)[C@@H]1NC(=O)[C@@H](NC(=O)[C@H](Cc2ccc(O)cc2)NC(=O)[C@@H]2CCCN2C(=O)c2nc(CN)ns2)CSSC[C@@H](C(N)=O)NC(=O)[C@H](CCC(=O)O)NC(=O)[C@H](Cc2c[nH]c3ccccc23)NC(=O)[C@H](CCC(N)=O)NC(=O)CCNC(=O)[C@H](CCCNC(=N)N)NC(=O)[C@H](Cc2ccc(O)cc2)NC1=O. The topological polar surface area (TPSA) is 605 Å². The molecule has 0 bridgehead atoms. The maximum atomic E-state index is 15.1. The van der Waals surface area contributed by atoms with Gasteiger partial charge in [-0.05, 0) is 103 Å². The van der Waals surface area contributed by atoms with Crippen LogP contribution in [0.15, 0.2) is 79.0 Å². The Hall–Kier alpha value is -11.1. The van der Waals surface area contributed by atoms with Gasteiger partial charge in [0, 0.05) is 86.8 Å². The number of nitrogens with two attached hydrogens (primary N) is 4. The van der Waals surface area contributed by atoms with Crippen LogP contribution in [0.25, 0.3) is 10.9 Å². The van der Waals surface area contributed by atoms with Crippen LogP contribution in [0.5, 0.6) is 11.5 Å². The summed E-state index contributed by atoms with van der Waals surface area (Å²) in [7, 11) is 1.67. The summed E-state index contributed by atoms with van der Waals surface area (Å²) >= 11 is 0.793. The smallest absolute Gasteiger partial charge is 0.303 e. The van der Waals surface area contributed by atoms with Gasteiger partial charge in [-0.15, -0.1) is 0 Å². The molecule has 0 spiro atoms. The quantitative estimate of drug-likeness (QED) is 0.0127. The predicted molar refractivity (Wildman–Crippen MR) is 396 cm³/mol. The fraction of sp³-hybridized carbons (Fsp3) is 0.456. The number of aliphatic carboxylic acids is 1. The van der Waals surface area contributed by atoms with Gasteiger partial charge in [0.2, 0.25) is 75.9 Å². The number of carbonyl (C=O) groups is 14. The third-order valence-corrected chi connectivity index (χ3v) is 20.5. The molecule has 108 heavy (non-hydrogen) atoms. The lowest BCUT2D eigenvalue weighted by atomic mass is 10.00. The van der Waals surface area contributed by atoms with Crippen molar-refractivity contribution >= 4 is 133 Å². The van der Waals surface area contributed by atoms with Gasteiger partial charge in [-0.3, -0.25) is 72.5 Å². The van der Waals surface area contributed by atoms with Gasteiger partial charge in [0.1, 0.15) is 71.9 Å². The Labute approximate surface area is 631 Å². The second-order valence-corrected chi connectivity index (χ2v) is 29.2. The molecule has 13 amide bonds. The van der Waals surface area contributed by atoms with E-state index in [1.165, 1.54) is 53.4 Å². The third kappa shape index (κ3) is 25.8. The van der Waals surface area contributed by atoms with Gasteiger partial charge >= 0.3 is 5.97 Å². The zero-order valence-electron chi connectivity index (χ0n) is 59.0. The molecule has 2 saturated heterocycles. The number of primary amides is 2. The molecule has 10 atom stereocenters. The van der Waals surface area contributed by atoms with E-state index < -0.39 is 205 Å². The molecule has 0 aliphatic carbocycles. The summed E-state index contributed by atoms with van der Waals surface area (Å²) in [5.41, 5.74) is 24.5. The van der Waals surface area contributed by atoms with Crippen LogP contribution in [0.1, 0.15) is 104 Å². The van der Waals surface area contributed by atoms with E-state index >= 15 is 9.59 Å². The summed E-state index contributed by atoms with van der Waals surface area (Å²) < 4.78 is 4.08. The summed E-state index contributed by atoms with van der Waals surface area (Å²) in [6.45, 7) is 2.77. The standard InChI is InChI=1S/C68H90N20O17S3/c1-34(2)55-65(104)82-46(28-36-13-17-39(90)18-14-36)60(99)78-42(9-5-24-75-68(72)73)57(96)74-25-23-53(92)77-43(19-21-51(70)91)58(97)80-47(29-37-31-76-41-8-4-3-7-40(37)41)62(101)79-44(20-22-54(93)94)59(98)83-48(56(71)95)32-106-107-33-49(63(102)86-55)84-61(100)45(27-35-11-15-38(89)16-12-35)81-64(103)50-10-6-26-88(50)67(105)66-85-52(30-69)87-108-66/h3-4,7-8,11-18,31,34,42-50,55,76,89-90H,5-6,9-10,19-30,32-33,69H2,1-2H3,(H2,70,91)(H2,71,95)(H,74,96)(H,77,92)(H,78,99)(H,79,101)(H,80,97)(H,81,103)(H,82,104)(H,83,98)(H,84,100)(H,86,102)(H,93,94)(H4,72,73,75)/t42-,43-,44-,45-,46-,47-,48-,49-,50-,55-/m0/s1. The zero-order chi connectivity index (χ0) is 78.7. The average molecular weight is 1560 g/mol. The number of aromatic nitrogens is 3. The van der Waals surface area contributed by atoms with E-state index in [9.17, 15) is 72.9 Å². The Balaban J connectivity index is 1.26. The van der Waals surface area contributed by atoms with Crippen LogP contribution in [0, 0.1) is 11.3 Å². The number of rotatable bonds is 24. The first kappa shape index (κ1) is 84.1. The van der Waals surface area contributed by atoms with Crippen molar-refractivity contribution in [3.63, 3.8) is 0 Å². The van der Waals surface area contributed by atoms with Crippen molar-refractivity contribution in [1.29, 1.82) is 5.41 Å². The van der Waals surface area contributed by atoms with Crippen molar-refractivity contribution in [1.82, 2.24) is 77.7 Å². The molecule has 2 fully saturated rings. The van der Waals surface area contributed by atoms with E-state index in [4.69, 9.17) is 28.3 Å². The molecule has 2 aromatic heterocycles. The highest BCUT2D eigenvalue weighted by Crippen LogP contribution is 2.26. The van der Waals surface area contributed by atoms with Crippen LogP contribution < -0.4 is 81.4 Å². The highest BCUT2D eigenvalue weighted by molar-refractivity contribution is 8.76. The Kier molecular flexibility index (Phi) is 32.0. The van der Waals surface area contributed by atoms with E-state index in [0.717, 1.165) is 33.1 Å². The van der Waals surface area contributed by atoms with Crippen molar-refractivity contribution in [3.05, 3.63) is 107 Å². The van der Waals surface area contributed by atoms with Gasteiger partial charge in [0.05, 0.1) is 6.54 Å². The molecule has 0 unspecified atom stereocenters. The second kappa shape index (κ2) is 41.1. The van der Waals surface area contributed by atoms with Crippen molar-refractivity contribution in [2.75, 3.05) is 31.1 Å². The number of likely N-dealkylation sites (tertiary alicyclic amines) is 1. The number of aromatic amines is 1. The maximum absolute atomic E-state index is 15.1. The molecule has 5 aromatic rings. The van der Waals surface area contributed by atoms with E-state index in [1.54, 1.807) is 44.3 Å². The first-order valence-electron chi connectivity index (χ1n) is 34.5. The Morgan fingerprint density at radius 3 is 1.94 bits per heavy atom. The van der Waals surface area contributed by atoms with Crippen LogP contribution in [-0.4, -0.2) is 215 Å². The molecule has 37 nitrogen and oxygen atoms in total. The van der Waals surface area contributed by atoms with Crippen LogP contribution >= 0.6 is 33.1 Å². The molecule has 3 aromatic carbocycles. The van der Waals surface area contributed by atoms with E-state index in [-0.39, 0.29) is 80.5 Å². The number of amides is 13. The number of para-hydroxylation sites is 1. The Bertz CT molecular complexity index is 4070. The molecule has 4 heterocycles. The van der Waals surface area contributed by atoms with Crippen LogP contribution in [0.2, 0.25) is 0 Å². The van der Waals surface area contributed by atoms with Crippen molar-refractivity contribution < 1.29 is 82.4 Å². The largest absolute Gasteiger partial charge is 0.508 e. The summed E-state index contributed by atoms with van der Waals surface area (Å²) in [6, 6.07) is 2.59. The van der Waals surface area contributed by atoms with Gasteiger partial charge in [-0.2, -0.15) is 4.37 Å². The normalized spacial score (nSPS) is 21.8. The molecular weight excluding hydrogens is 1470 g/mol. The molecule has 7 rings (SSSR count). The number of guanidine groups is 1. The maximum Gasteiger partial charge on any atom is 0.303 e. The molecule has 40 heteroatoms. The lowest BCUT2D eigenvalue weighted by molar-refractivity contribution is -0.138. The number of nitrogens with one attached hydrogen (secondary N) is 13. The summed E-state index contributed by atoms with van der Waals surface area (Å²) in [4.78, 5) is 206. The molecule has 2 aliphatic rings. The number of benzene rings is 3. The molecule has 0 radical (unpaired) electrons. The number of carboxylic acids is 1. The van der Waals surface area contributed by atoms with Crippen LogP contribution in [-0.2, 0) is 88.1 Å². The van der Waals surface area contributed by atoms with Crippen molar-refractivity contribution in [3.8, 4) is 11.5 Å². The monoisotopic (exact) mass is 1550 g/mol. The van der Waals surface area contributed by atoms with Gasteiger partial charge < -0.3 is 107 Å². The third-order valence-electron chi connectivity index (χ3n) is 17.4. The van der Waals surface area contributed by atoms with Crippen LogP contribution in [0.4, 0.5) is 0 Å².